The Morgan fingerprint density at radius 3 is 3.00 bits per heavy atom. The molecule has 2 aliphatic heterocycles. The molecule has 1 aromatic rings. The van der Waals surface area contributed by atoms with Gasteiger partial charge in [-0.15, -0.1) is 0 Å². The average Bonchev–Trinajstić information content (AvgIpc) is 2.94. The first-order valence-corrected chi connectivity index (χ1v) is 7.35. The Morgan fingerprint density at radius 2 is 2.27 bits per heavy atom. The largest absolute Gasteiger partial charge is 0.372 e. The maximum absolute atomic E-state index is 12.7. The normalized spacial score (nSPS) is 24.9. The molecule has 2 amide bonds. The zero-order valence-electron chi connectivity index (χ0n) is 12.8. The third kappa shape index (κ3) is 2.52. The summed E-state index contributed by atoms with van der Waals surface area (Å²) in [5.41, 5.74) is 0.127. The lowest BCUT2D eigenvalue weighted by molar-refractivity contribution is -0.158. The molecule has 22 heavy (non-hydrogen) atoms. The lowest BCUT2D eigenvalue weighted by Crippen LogP contribution is -2.54. The average molecular weight is 304 g/mol. The monoisotopic (exact) mass is 304 g/mol. The molecule has 7 nitrogen and oxygen atoms in total. The molecule has 7 heteroatoms. The zero-order valence-corrected chi connectivity index (χ0v) is 12.8. The number of rotatable bonds is 2. The van der Waals surface area contributed by atoms with Crippen LogP contribution in [0.3, 0.4) is 0 Å². The van der Waals surface area contributed by atoms with Crippen LogP contribution in [0.2, 0.25) is 0 Å². The van der Waals surface area contributed by atoms with Gasteiger partial charge < -0.3 is 19.9 Å². The standard InChI is InChI=1S/C15H20N4O3/c1-16-13-11(4-3-6-17-13)14(21)19-7-5-15(10-19)9-18(2)12(20)8-22-15/h3-4,6H,5,7-10H2,1-2H3,(H,16,17)/t15-/m0/s1. The molecule has 1 spiro atoms. The molecule has 2 fully saturated rings. The van der Waals surface area contributed by atoms with Gasteiger partial charge in [0.1, 0.15) is 18.0 Å². The SMILES string of the molecule is CNc1ncccc1C(=O)N1CC[C@]2(CN(C)C(=O)CO2)C1. The van der Waals surface area contributed by atoms with Crippen LogP contribution in [0, 0.1) is 0 Å². The van der Waals surface area contributed by atoms with E-state index in [1.165, 1.54) is 0 Å². The lowest BCUT2D eigenvalue weighted by atomic mass is 10.0. The summed E-state index contributed by atoms with van der Waals surface area (Å²) >= 11 is 0. The van der Waals surface area contributed by atoms with Crippen molar-refractivity contribution >= 4 is 17.6 Å². The van der Waals surface area contributed by atoms with E-state index in [2.05, 4.69) is 10.3 Å². The number of anilines is 1. The second kappa shape index (κ2) is 5.57. The summed E-state index contributed by atoms with van der Waals surface area (Å²) in [7, 11) is 3.52. The van der Waals surface area contributed by atoms with E-state index < -0.39 is 5.60 Å². The van der Waals surface area contributed by atoms with Gasteiger partial charge in [-0.3, -0.25) is 9.59 Å². The van der Waals surface area contributed by atoms with Gasteiger partial charge >= 0.3 is 0 Å². The molecule has 118 valence electrons. The number of aromatic nitrogens is 1. The summed E-state index contributed by atoms with van der Waals surface area (Å²) in [6.45, 7) is 1.75. The summed E-state index contributed by atoms with van der Waals surface area (Å²) in [5, 5.41) is 2.94. The van der Waals surface area contributed by atoms with Crippen LogP contribution in [-0.4, -0.2) is 72.5 Å². The fourth-order valence-electron chi connectivity index (χ4n) is 3.10. The Balaban J connectivity index is 1.75. The maximum Gasteiger partial charge on any atom is 0.257 e. The number of nitrogens with zero attached hydrogens (tertiary/aromatic N) is 3. The van der Waals surface area contributed by atoms with E-state index in [1.807, 2.05) is 0 Å². The van der Waals surface area contributed by atoms with Crippen LogP contribution in [-0.2, 0) is 9.53 Å². The molecule has 3 heterocycles. The number of likely N-dealkylation sites (tertiary alicyclic amines) is 1. The molecule has 0 aliphatic carbocycles. The second-order valence-corrected chi connectivity index (χ2v) is 5.85. The van der Waals surface area contributed by atoms with Crippen molar-refractivity contribution in [2.75, 3.05) is 45.7 Å². The van der Waals surface area contributed by atoms with Gasteiger partial charge in [0.05, 0.1) is 18.7 Å². The van der Waals surface area contributed by atoms with Gasteiger partial charge in [0.15, 0.2) is 0 Å². The van der Waals surface area contributed by atoms with Crippen molar-refractivity contribution < 1.29 is 14.3 Å². The minimum absolute atomic E-state index is 0.0138. The fourth-order valence-corrected chi connectivity index (χ4v) is 3.10. The van der Waals surface area contributed by atoms with E-state index in [1.54, 1.807) is 42.2 Å². The van der Waals surface area contributed by atoms with Gasteiger partial charge in [-0.05, 0) is 18.6 Å². The lowest BCUT2D eigenvalue weighted by Gasteiger charge is -2.38. The Morgan fingerprint density at radius 1 is 1.45 bits per heavy atom. The van der Waals surface area contributed by atoms with Crippen LogP contribution in [0.25, 0.3) is 0 Å². The molecule has 1 atom stereocenters. The van der Waals surface area contributed by atoms with Gasteiger partial charge in [0.25, 0.3) is 5.91 Å². The van der Waals surface area contributed by atoms with Crippen molar-refractivity contribution in [3.8, 4) is 0 Å². The Labute approximate surface area is 129 Å². The molecule has 3 rings (SSSR count). The molecule has 0 aromatic carbocycles. The summed E-state index contributed by atoms with van der Waals surface area (Å²) < 4.78 is 5.77. The zero-order chi connectivity index (χ0) is 15.7. The van der Waals surface area contributed by atoms with Crippen LogP contribution in [0.15, 0.2) is 18.3 Å². The predicted octanol–water partition coefficient (Wildman–Crippen LogP) is 0.197. The van der Waals surface area contributed by atoms with Crippen LogP contribution in [0.4, 0.5) is 5.82 Å². The molecule has 0 unspecified atom stereocenters. The Bertz CT molecular complexity index is 606. The van der Waals surface area contributed by atoms with Crippen molar-refractivity contribution in [1.82, 2.24) is 14.8 Å². The molecule has 2 aliphatic rings. The number of pyridine rings is 1. The molecule has 1 N–H and O–H groups in total. The summed E-state index contributed by atoms with van der Waals surface area (Å²) in [6.07, 6.45) is 2.39. The minimum Gasteiger partial charge on any atom is -0.372 e. The van der Waals surface area contributed by atoms with Gasteiger partial charge in [0.2, 0.25) is 5.91 Å². The molecular weight excluding hydrogens is 284 g/mol. The maximum atomic E-state index is 12.7. The van der Waals surface area contributed by atoms with Crippen molar-refractivity contribution in [3.05, 3.63) is 23.9 Å². The first kappa shape index (κ1) is 14.8. The van der Waals surface area contributed by atoms with Crippen LogP contribution in [0.1, 0.15) is 16.8 Å². The number of morpholine rings is 1. The highest BCUT2D eigenvalue weighted by molar-refractivity contribution is 5.98. The molecule has 2 saturated heterocycles. The van der Waals surface area contributed by atoms with Crippen molar-refractivity contribution in [2.45, 2.75) is 12.0 Å². The van der Waals surface area contributed by atoms with E-state index in [0.717, 1.165) is 6.42 Å². The number of ether oxygens (including phenoxy) is 1. The molecule has 0 radical (unpaired) electrons. The molecular formula is C15H20N4O3. The third-order valence-electron chi connectivity index (χ3n) is 4.33. The predicted molar refractivity (Wildman–Crippen MR) is 80.6 cm³/mol. The Kier molecular flexibility index (Phi) is 3.74. The van der Waals surface area contributed by atoms with Gasteiger partial charge in [-0.2, -0.15) is 0 Å². The number of carbonyl (C=O) groups is 2. The number of carbonyl (C=O) groups excluding carboxylic acids is 2. The van der Waals surface area contributed by atoms with E-state index >= 15 is 0 Å². The topological polar surface area (TPSA) is 74.8 Å². The molecule has 1 aromatic heterocycles. The second-order valence-electron chi connectivity index (χ2n) is 5.85. The highest BCUT2D eigenvalue weighted by atomic mass is 16.5. The van der Waals surface area contributed by atoms with E-state index in [9.17, 15) is 9.59 Å². The van der Waals surface area contributed by atoms with Gasteiger partial charge in [0, 0.05) is 26.8 Å². The highest BCUT2D eigenvalue weighted by Crippen LogP contribution is 2.30. The smallest absolute Gasteiger partial charge is 0.257 e. The number of amides is 2. The van der Waals surface area contributed by atoms with Crippen molar-refractivity contribution in [3.63, 3.8) is 0 Å². The molecule has 0 bridgehead atoms. The van der Waals surface area contributed by atoms with Crippen LogP contribution in [0.5, 0.6) is 0 Å². The van der Waals surface area contributed by atoms with Crippen molar-refractivity contribution in [1.29, 1.82) is 0 Å². The number of hydrogen-bond donors (Lipinski definition) is 1. The van der Waals surface area contributed by atoms with E-state index in [0.29, 0.717) is 31.0 Å². The highest BCUT2D eigenvalue weighted by Gasteiger charge is 2.45. The quantitative estimate of drug-likeness (QED) is 0.844. The molecule has 0 saturated carbocycles. The van der Waals surface area contributed by atoms with Crippen LogP contribution >= 0.6 is 0 Å². The first-order chi connectivity index (χ1) is 10.5. The van der Waals surface area contributed by atoms with E-state index in [-0.39, 0.29) is 18.4 Å². The van der Waals surface area contributed by atoms with Crippen LogP contribution < -0.4 is 5.32 Å². The van der Waals surface area contributed by atoms with E-state index in [4.69, 9.17) is 4.74 Å². The minimum atomic E-state index is -0.430. The third-order valence-corrected chi connectivity index (χ3v) is 4.33. The Hall–Kier alpha value is -2.15. The van der Waals surface area contributed by atoms with Crippen molar-refractivity contribution in [2.24, 2.45) is 0 Å². The first-order valence-electron chi connectivity index (χ1n) is 7.35. The number of likely N-dealkylation sites (N-methyl/N-ethyl adjacent to an activating group) is 1. The fraction of sp³-hybridized carbons (Fsp3) is 0.533. The van der Waals surface area contributed by atoms with Gasteiger partial charge in [-0.25, -0.2) is 4.98 Å². The van der Waals surface area contributed by atoms with Gasteiger partial charge in [-0.1, -0.05) is 0 Å². The number of hydrogen-bond acceptors (Lipinski definition) is 5. The summed E-state index contributed by atoms with van der Waals surface area (Å²) in [6, 6.07) is 3.52. The summed E-state index contributed by atoms with van der Waals surface area (Å²) in [5.74, 6) is 0.503. The number of nitrogens with one attached hydrogen (secondary N) is 1. The summed E-state index contributed by atoms with van der Waals surface area (Å²) in [4.78, 5) is 31.9.